The zero-order chi connectivity index (χ0) is 18.3. The highest BCUT2D eigenvalue weighted by atomic mass is 16.4. The SMILES string of the molecule is CC1(C)CC(c2ccccc2)CN1Cc1c(C(=O)O)oc2ccccc12. The first-order chi connectivity index (χ1) is 12.5. The summed E-state index contributed by atoms with van der Waals surface area (Å²) in [5.74, 6) is -0.490. The number of para-hydroxylation sites is 1. The van der Waals surface area contributed by atoms with Crippen molar-refractivity contribution in [2.45, 2.75) is 38.3 Å². The van der Waals surface area contributed by atoms with Gasteiger partial charge >= 0.3 is 5.97 Å². The van der Waals surface area contributed by atoms with Gasteiger partial charge in [0.05, 0.1) is 0 Å². The maximum atomic E-state index is 11.7. The Hall–Kier alpha value is -2.59. The fourth-order valence-electron chi connectivity index (χ4n) is 4.16. The molecule has 1 saturated heterocycles. The quantitative estimate of drug-likeness (QED) is 0.728. The molecule has 0 saturated carbocycles. The van der Waals surface area contributed by atoms with Crippen molar-refractivity contribution in [3.05, 3.63) is 71.5 Å². The van der Waals surface area contributed by atoms with Gasteiger partial charge < -0.3 is 9.52 Å². The van der Waals surface area contributed by atoms with Crippen molar-refractivity contribution in [3.8, 4) is 0 Å². The molecule has 4 nitrogen and oxygen atoms in total. The number of carboxylic acid groups (broad SMARTS) is 1. The highest BCUT2D eigenvalue weighted by molar-refractivity contribution is 5.95. The van der Waals surface area contributed by atoms with Gasteiger partial charge in [-0.05, 0) is 37.8 Å². The van der Waals surface area contributed by atoms with E-state index in [0.29, 0.717) is 18.0 Å². The Balaban J connectivity index is 1.68. The highest BCUT2D eigenvalue weighted by Crippen LogP contribution is 2.40. The Morgan fingerprint density at radius 3 is 2.58 bits per heavy atom. The van der Waals surface area contributed by atoms with E-state index in [0.717, 1.165) is 23.9 Å². The Labute approximate surface area is 153 Å². The maximum absolute atomic E-state index is 11.7. The van der Waals surface area contributed by atoms with Crippen molar-refractivity contribution in [1.82, 2.24) is 4.90 Å². The van der Waals surface area contributed by atoms with Gasteiger partial charge in [0.15, 0.2) is 0 Å². The fourth-order valence-corrected chi connectivity index (χ4v) is 4.16. The topological polar surface area (TPSA) is 53.7 Å². The van der Waals surface area contributed by atoms with E-state index >= 15 is 0 Å². The van der Waals surface area contributed by atoms with Gasteiger partial charge in [-0.2, -0.15) is 0 Å². The van der Waals surface area contributed by atoms with Gasteiger partial charge in [-0.1, -0.05) is 48.5 Å². The Morgan fingerprint density at radius 2 is 1.85 bits per heavy atom. The molecule has 4 rings (SSSR count). The van der Waals surface area contributed by atoms with E-state index in [1.165, 1.54) is 5.56 Å². The van der Waals surface area contributed by atoms with Crippen molar-refractivity contribution in [2.24, 2.45) is 0 Å². The Kier molecular flexibility index (Phi) is 4.08. The van der Waals surface area contributed by atoms with E-state index in [1.54, 1.807) is 0 Å². The lowest BCUT2D eigenvalue weighted by molar-refractivity contribution is 0.0659. The maximum Gasteiger partial charge on any atom is 0.372 e. The van der Waals surface area contributed by atoms with E-state index in [1.807, 2.05) is 30.3 Å². The minimum atomic E-state index is -1.01. The lowest BCUT2D eigenvalue weighted by Gasteiger charge is -2.31. The molecule has 1 unspecified atom stereocenters. The Morgan fingerprint density at radius 1 is 1.15 bits per heavy atom. The van der Waals surface area contributed by atoms with Gasteiger partial charge in [0.2, 0.25) is 5.76 Å². The van der Waals surface area contributed by atoms with Crippen molar-refractivity contribution < 1.29 is 14.3 Å². The summed E-state index contributed by atoms with van der Waals surface area (Å²) < 4.78 is 5.62. The van der Waals surface area contributed by atoms with Crippen LogP contribution in [0.3, 0.4) is 0 Å². The average molecular weight is 349 g/mol. The summed E-state index contributed by atoms with van der Waals surface area (Å²) in [6.45, 7) is 5.96. The van der Waals surface area contributed by atoms with Gasteiger partial charge in [-0.15, -0.1) is 0 Å². The van der Waals surface area contributed by atoms with E-state index in [9.17, 15) is 9.90 Å². The van der Waals surface area contributed by atoms with Gasteiger partial charge in [0, 0.05) is 29.6 Å². The van der Waals surface area contributed by atoms with Gasteiger partial charge in [-0.25, -0.2) is 4.79 Å². The molecule has 4 heteroatoms. The molecule has 2 heterocycles. The first kappa shape index (κ1) is 16.9. The number of furan rings is 1. The monoisotopic (exact) mass is 349 g/mol. The second-order valence-electron chi connectivity index (χ2n) is 7.72. The van der Waals surface area contributed by atoms with E-state index in [2.05, 4.69) is 43.0 Å². The number of carbonyl (C=O) groups is 1. The molecule has 26 heavy (non-hydrogen) atoms. The fraction of sp³-hybridized carbons (Fsp3) is 0.318. The molecule has 134 valence electrons. The van der Waals surface area contributed by atoms with Crippen LogP contribution in [-0.4, -0.2) is 28.1 Å². The number of hydrogen-bond donors (Lipinski definition) is 1. The van der Waals surface area contributed by atoms with Crippen LogP contribution >= 0.6 is 0 Å². The number of likely N-dealkylation sites (tertiary alicyclic amines) is 1. The lowest BCUT2D eigenvalue weighted by atomic mass is 9.91. The number of rotatable bonds is 4. The van der Waals surface area contributed by atoms with Gasteiger partial charge in [0.1, 0.15) is 5.58 Å². The van der Waals surface area contributed by atoms with E-state index < -0.39 is 5.97 Å². The number of fused-ring (bicyclic) bond motifs is 1. The second kappa shape index (κ2) is 6.29. The number of hydrogen-bond acceptors (Lipinski definition) is 3. The standard InChI is InChI=1S/C22H23NO3/c1-22(2)12-16(15-8-4-3-5-9-15)13-23(22)14-18-17-10-6-7-11-19(17)26-20(18)21(24)25/h3-11,16H,12-14H2,1-2H3,(H,24,25). The number of benzene rings is 2. The normalized spacial score (nSPS) is 19.8. The van der Waals surface area contributed by atoms with Gasteiger partial charge in [-0.3, -0.25) is 4.90 Å². The van der Waals surface area contributed by atoms with Gasteiger partial charge in [0.25, 0.3) is 0 Å². The summed E-state index contributed by atoms with van der Waals surface area (Å²) in [5, 5.41) is 10.5. The molecule has 3 aromatic rings. The summed E-state index contributed by atoms with van der Waals surface area (Å²) in [4.78, 5) is 14.1. The van der Waals surface area contributed by atoms with Crippen LogP contribution in [0.5, 0.6) is 0 Å². The molecule has 0 amide bonds. The molecule has 1 atom stereocenters. The van der Waals surface area contributed by atoms with Crippen LogP contribution in [0.15, 0.2) is 59.0 Å². The molecular formula is C22H23NO3. The number of carboxylic acids is 1. The second-order valence-corrected chi connectivity index (χ2v) is 7.72. The molecule has 1 aliphatic heterocycles. The first-order valence-electron chi connectivity index (χ1n) is 8.99. The molecule has 1 aromatic heterocycles. The van der Waals surface area contributed by atoms with Crippen LogP contribution in [0.2, 0.25) is 0 Å². The predicted molar refractivity (Wildman–Crippen MR) is 101 cm³/mol. The first-order valence-corrected chi connectivity index (χ1v) is 8.99. The van der Waals surface area contributed by atoms with Crippen LogP contribution in [-0.2, 0) is 6.54 Å². The molecule has 0 bridgehead atoms. The molecule has 0 spiro atoms. The molecule has 1 aliphatic rings. The van der Waals surface area contributed by atoms with Crippen molar-refractivity contribution >= 4 is 16.9 Å². The molecule has 0 aliphatic carbocycles. The molecule has 2 aromatic carbocycles. The third kappa shape index (κ3) is 2.90. The predicted octanol–water partition coefficient (Wildman–Crippen LogP) is 4.90. The van der Waals surface area contributed by atoms with E-state index in [-0.39, 0.29) is 11.3 Å². The molecule has 1 N–H and O–H groups in total. The van der Waals surface area contributed by atoms with Crippen LogP contribution in [0.4, 0.5) is 0 Å². The molecule has 0 radical (unpaired) electrons. The molecule has 1 fully saturated rings. The van der Waals surface area contributed by atoms with Crippen LogP contribution in [0, 0.1) is 0 Å². The summed E-state index contributed by atoms with van der Waals surface area (Å²) in [6.07, 6.45) is 1.05. The third-order valence-electron chi connectivity index (χ3n) is 5.56. The zero-order valence-electron chi connectivity index (χ0n) is 15.1. The highest BCUT2D eigenvalue weighted by Gasteiger charge is 2.39. The largest absolute Gasteiger partial charge is 0.475 e. The zero-order valence-corrected chi connectivity index (χ0v) is 15.1. The molecular weight excluding hydrogens is 326 g/mol. The van der Waals surface area contributed by atoms with Crippen molar-refractivity contribution in [2.75, 3.05) is 6.54 Å². The van der Waals surface area contributed by atoms with E-state index in [4.69, 9.17) is 4.42 Å². The lowest BCUT2D eigenvalue weighted by Crippen LogP contribution is -2.37. The smallest absolute Gasteiger partial charge is 0.372 e. The minimum absolute atomic E-state index is 0.00530. The van der Waals surface area contributed by atoms with Crippen LogP contribution < -0.4 is 0 Å². The average Bonchev–Trinajstić information content (AvgIpc) is 3.14. The van der Waals surface area contributed by atoms with Crippen LogP contribution in [0.1, 0.15) is 47.9 Å². The Bertz CT molecular complexity index is 942. The summed E-state index contributed by atoms with van der Waals surface area (Å²) in [5.41, 5.74) is 2.75. The van der Waals surface area contributed by atoms with Crippen LogP contribution in [0.25, 0.3) is 11.0 Å². The third-order valence-corrected chi connectivity index (χ3v) is 5.56. The van der Waals surface area contributed by atoms with Crippen molar-refractivity contribution in [1.29, 1.82) is 0 Å². The number of aromatic carboxylic acids is 1. The summed E-state index contributed by atoms with van der Waals surface area (Å²) in [7, 11) is 0. The number of nitrogens with zero attached hydrogens (tertiary/aromatic N) is 1. The summed E-state index contributed by atoms with van der Waals surface area (Å²) in [6, 6.07) is 18.1. The van der Waals surface area contributed by atoms with Crippen molar-refractivity contribution in [3.63, 3.8) is 0 Å². The minimum Gasteiger partial charge on any atom is -0.475 e. The summed E-state index contributed by atoms with van der Waals surface area (Å²) >= 11 is 0.